The maximum Gasteiger partial charge on any atom is 0.117 e. The van der Waals surface area contributed by atoms with Crippen LogP contribution < -0.4 is 5.73 Å². The average molecular weight is 334 g/mol. The lowest BCUT2D eigenvalue weighted by molar-refractivity contribution is 1.14. The summed E-state index contributed by atoms with van der Waals surface area (Å²) in [5, 5.41) is 0. The number of fused-ring (bicyclic) bond motifs is 1. The number of aromatic amines is 1. The molecule has 0 saturated heterocycles. The quantitative estimate of drug-likeness (QED) is 0.557. The number of anilines is 1. The van der Waals surface area contributed by atoms with Gasteiger partial charge in [-0.2, -0.15) is 0 Å². The summed E-state index contributed by atoms with van der Waals surface area (Å²) < 4.78 is 1.04. The van der Waals surface area contributed by atoms with Gasteiger partial charge in [-0.15, -0.1) is 11.8 Å². The Morgan fingerprint density at radius 3 is 2.89 bits per heavy atom. The van der Waals surface area contributed by atoms with E-state index in [1.54, 1.807) is 11.8 Å². The van der Waals surface area contributed by atoms with Crippen molar-refractivity contribution in [3.8, 4) is 0 Å². The highest BCUT2D eigenvalue weighted by atomic mass is 79.9. The van der Waals surface area contributed by atoms with Crippen LogP contribution in [-0.2, 0) is 5.75 Å². The third kappa shape index (κ3) is 2.77. The van der Waals surface area contributed by atoms with Gasteiger partial charge in [0.2, 0.25) is 0 Å². The molecule has 0 saturated carbocycles. The van der Waals surface area contributed by atoms with E-state index in [4.69, 9.17) is 5.73 Å². The van der Waals surface area contributed by atoms with Gasteiger partial charge in [0.15, 0.2) is 0 Å². The number of rotatable bonds is 3. The Bertz CT molecular complexity index is 691. The monoisotopic (exact) mass is 333 g/mol. The lowest BCUT2D eigenvalue weighted by Gasteiger charge is -2.04. The van der Waals surface area contributed by atoms with Crippen LogP contribution in [0.2, 0.25) is 0 Å². The summed E-state index contributed by atoms with van der Waals surface area (Å²) in [6, 6.07) is 13.9. The van der Waals surface area contributed by atoms with E-state index in [1.807, 2.05) is 42.5 Å². The average Bonchev–Trinajstić information content (AvgIpc) is 2.82. The number of thioether (sulfide) groups is 1. The fourth-order valence-electron chi connectivity index (χ4n) is 1.85. The first kappa shape index (κ1) is 12.6. The summed E-state index contributed by atoms with van der Waals surface area (Å²) >= 11 is 5.14. The molecule has 19 heavy (non-hydrogen) atoms. The van der Waals surface area contributed by atoms with E-state index < -0.39 is 0 Å². The number of nitrogens with one attached hydrogen (secondary N) is 1. The molecule has 96 valence electrons. The molecule has 0 aliphatic carbocycles. The zero-order chi connectivity index (χ0) is 13.2. The second kappa shape index (κ2) is 5.27. The standard InChI is InChI=1S/C14H12BrN3S/c15-9-5-6-10(16)13(7-9)19-8-14-17-11-3-1-2-4-12(11)18-14/h1-7H,8,16H2,(H,17,18). The maximum atomic E-state index is 5.96. The zero-order valence-electron chi connectivity index (χ0n) is 10.1. The van der Waals surface area contributed by atoms with E-state index >= 15 is 0 Å². The predicted octanol–water partition coefficient (Wildman–Crippen LogP) is 4.20. The number of para-hydroxylation sites is 2. The molecule has 0 aliphatic rings. The smallest absolute Gasteiger partial charge is 0.117 e. The second-order valence-electron chi connectivity index (χ2n) is 4.17. The number of aromatic nitrogens is 2. The molecule has 3 nitrogen and oxygen atoms in total. The van der Waals surface area contributed by atoms with E-state index in [1.165, 1.54) is 0 Å². The van der Waals surface area contributed by atoms with Crippen LogP contribution >= 0.6 is 27.7 Å². The number of nitrogen functional groups attached to an aromatic ring is 1. The van der Waals surface area contributed by atoms with Crippen molar-refractivity contribution in [1.29, 1.82) is 0 Å². The fourth-order valence-corrected chi connectivity index (χ4v) is 3.24. The van der Waals surface area contributed by atoms with Gasteiger partial charge in [-0.1, -0.05) is 28.1 Å². The number of H-pyrrole nitrogens is 1. The van der Waals surface area contributed by atoms with Crippen molar-refractivity contribution >= 4 is 44.4 Å². The SMILES string of the molecule is Nc1ccc(Br)cc1SCc1nc2ccccc2[nH]1. The van der Waals surface area contributed by atoms with Gasteiger partial charge in [-0.25, -0.2) is 4.98 Å². The first-order valence-electron chi connectivity index (χ1n) is 5.84. The molecule has 0 fully saturated rings. The molecule has 0 unspecified atom stereocenters. The van der Waals surface area contributed by atoms with Crippen molar-refractivity contribution in [2.24, 2.45) is 0 Å². The van der Waals surface area contributed by atoms with Gasteiger partial charge < -0.3 is 10.7 Å². The van der Waals surface area contributed by atoms with E-state index in [9.17, 15) is 0 Å². The summed E-state index contributed by atoms with van der Waals surface area (Å²) in [5.41, 5.74) is 8.82. The highest BCUT2D eigenvalue weighted by molar-refractivity contribution is 9.10. The van der Waals surface area contributed by atoms with Crippen LogP contribution in [0.15, 0.2) is 51.8 Å². The third-order valence-corrected chi connectivity index (χ3v) is 4.35. The Kier molecular flexibility index (Phi) is 3.48. The summed E-state index contributed by atoms with van der Waals surface area (Å²) in [6.45, 7) is 0. The van der Waals surface area contributed by atoms with Crippen molar-refractivity contribution in [2.75, 3.05) is 5.73 Å². The van der Waals surface area contributed by atoms with E-state index in [0.717, 1.165) is 37.7 Å². The molecule has 0 amide bonds. The van der Waals surface area contributed by atoms with Crippen LogP contribution in [0.5, 0.6) is 0 Å². The molecule has 2 aromatic carbocycles. The molecule has 1 heterocycles. The Morgan fingerprint density at radius 1 is 1.21 bits per heavy atom. The normalized spacial score (nSPS) is 11.0. The van der Waals surface area contributed by atoms with Crippen LogP contribution in [-0.4, -0.2) is 9.97 Å². The van der Waals surface area contributed by atoms with E-state index in [-0.39, 0.29) is 0 Å². The zero-order valence-corrected chi connectivity index (χ0v) is 12.5. The van der Waals surface area contributed by atoms with Gasteiger partial charge in [-0.3, -0.25) is 0 Å². The topological polar surface area (TPSA) is 54.7 Å². The Labute approximate surface area is 123 Å². The highest BCUT2D eigenvalue weighted by Gasteiger charge is 2.05. The molecule has 5 heteroatoms. The molecule has 3 N–H and O–H groups in total. The number of hydrogen-bond acceptors (Lipinski definition) is 3. The molecule has 0 spiro atoms. The summed E-state index contributed by atoms with van der Waals surface area (Å²) in [6.07, 6.45) is 0. The van der Waals surface area contributed by atoms with E-state index in [2.05, 4.69) is 25.9 Å². The Morgan fingerprint density at radius 2 is 2.05 bits per heavy atom. The predicted molar refractivity (Wildman–Crippen MR) is 84.2 cm³/mol. The van der Waals surface area contributed by atoms with Crippen molar-refractivity contribution in [1.82, 2.24) is 9.97 Å². The summed E-state index contributed by atoms with van der Waals surface area (Å²) in [5.74, 6) is 1.74. The molecule has 3 rings (SSSR count). The Hall–Kier alpha value is -1.46. The molecule has 0 bridgehead atoms. The molecular weight excluding hydrogens is 322 g/mol. The number of imidazole rings is 1. The Balaban J connectivity index is 1.80. The van der Waals surface area contributed by atoms with Crippen molar-refractivity contribution < 1.29 is 0 Å². The minimum absolute atomic E-state index is 0.773. The summed E-state index contributed by atoms with van der Waals surface area (Å²) in [4.78, 5) is 8.93. The minimum atomic E-state index is 0.773. The molecule has 0 aliphatic heterocycles. The van der Waals surface area contributed by atoms with Gasteiger partial charge in [0.05, 0.1) is 16.8 Å². The lowest BCUT2D eigenvalue weighted by Crippen LogP contribution is -1.89. The van der Waals surface area contributed by atoms with Gasteiger partial charge in [0.25, 0.3) is 0 Å². The number of halogens is 1. The number of hydrogen-bond donors (Lipinski definition) is 2. The van der Waals surface area contributed by atoms with E-state index in [0.29, 0.717) is 0 Å². The van der Waals surface area contributed by atoms with Gasteiger partial charge in [0, 0.05) is 15.1 Å². The van der Waals surface area contributed by atoms with Crippen LogP contribution in [0.4, 0.5) is 5.69 Å². The largest absolute Gasteiger partial charge is 0.398 e. The van der Waals surface area contributed by atoms with Crippen LogP contribution in [0.3, 0.4) is 0 Å². The van der Waals surface area contributed by atoms with Crippen LogP contribution in [0.1, 0.15) is 5.82 Å². The van der Waals surface area contributed by atoms with Gasteiger partial charge >= 0.3 is 0 Å². The van der Waals surface area contributed by atoms with Crippen molar-refractivity contribution in [3.63, 3.8) is 0 Å². The van der Waals surface area contributed by atoms with Crippen LogP contribution in [0, 0.1) is 0 Å². The third-order valence-electron chi connectivity index (χ3n) is 2.78. The molecule has 1 aromatic heterocycles. The molecule has 0 atom stereocenters. The van der Waals surface area contributed by atoms with Gasteiger partial charge in [0.1, 0.15) is 5.82 Å². The van der Waals surface area contributed by atoms with Crippen LogP contribution in [0.25, 0.3) is 11.0 Å². The minimum Gasteiger partial charge on any atom is -0.398 e. The fraction of sp³-hybridized carbons (Fsp3) is 0.0714. The number of nitrogens with two attached hydrogens (primary N) is 1. The molecular formula is C14H12BrN3S. The number of nitrogens with zero attached hydrogens (tertiary/aromatic N) is 1. The number of benzene rings is 2. The first-order chi connectivity index (χ1) is 9.22. The first-order valence-corrected chi connectivity index (χ1v) is 7.62. The second-order valence-corrected chi connectivity index (χ2v) is 6.10. The van der Waals surface area contributed by atoms with Crippen molar-refractivity contribution in [3.05, 3.63) is 52.8 Å². The summed E-state index contributed by atoms with van der Waals surface area (Å²) in [7, 11) is 0. The lowest BCUT2D eigenvalue weighted by atomic mass is 10.3. The molecule has 3 aromatic rings. The molecule has 0 radical (unpaired) electrons. The highest BCUT2D eigenvalue weighted by Crippen LogP contribution is 2.30. The maximum absolute atomic E-state index is 5.96. The van der Waals surface area contributed by atoms with Gasteiger partial charge in [-0.05, 0) is 30.3 Å². The van der Waals surface area contributed by atoms with Crippen molar-refractivity contribution in [2.45, 2.75) is 10.6 Å².